The van der Waals surface area contributed by atoms with E-state index in [4.69, 9.17) is 28.1 Å². The molecule has 64 heavy (non-hydrogen) atoms. The third-order valence-electron chi connectivity index (χ3n) is 12.8. The van der Waals surface area contributed by atoms with Gasteiger partial charge in [0.05, 0.1) is 44.5 Å². The second-order valence-corrected chi connectivity index (χ2v) is 18.2. The van der Waals surface area contributed by atoms with Crippen molar-refractivity contribution in [2.24, 2.45) is 17.8 Å². The van der Waals surface area contributed by atoms with Crippen LogP contribution in [0.2, 0.25) is 0 Å². The highest BCUT2D eigenvalue weighted by Gasteiger charge is 2.57. The predicted octanol–water partition coefficient (Wildman–Crippen LogP) is 2.34. The highest BCUT2D eigenvalue weighted by Crippen LogP contribution is 2.44. The molecule has 0 aliphatic carbocycles. The van der Waals surface area contributed by atoms with Gasteiger partial charge < -0.3 is 33.2 Å². The lowest BCUT2D eigenvalue weighted by molar-refractivity contribution is -0.159. The Kier molecular flexibility index (Phi) is 15.9. The number of ether oxygens (including phenoxy) is 5. The van der Waals surface area contributed by atoms with Crippen LogP contribution in [0.4, 0.5) is 0 Å². The molecule has 6 aliphatic rings. The highest BCUT2D eigenvalue weighted by molar-refractivity contribution is 6.00. The molecule has 0 spiro atoms. The van der Waals surface area contributed by atoms with Crippen LogP contribution in [-0.2, 0) is 52.5 Å². The van der Waals surface area contributed by atoms with E-state index in [2.05, 4.69) is 15.6 Å². The van der Waals surface area contributed by atoms with Crippen LogP contribution in [0.15, 0.2) is 52.2 Å². The standard InChI is InChI=1S/C35H47NO9.C11H16N4O4/c1-19(13-25-18-41-23(5)36-25)9-8-10-21(3)32(40-7)22(4)27-17-29(37)35(6)30(45-35)12-11-20(2)26-14-24(16-31(38)42-26)15-28-33(43-28)34(39)44-27;1-7(15-5-10(18)13-11(19)6-15)2-14-3-8(16)12-9(17)4-14/h8-13,18,20,22,24,26-30,32-33,37H,14-17H2,1-7H3;7H,2-6H2,1H3,(H,12,16,17)(H,13,18,19)/b9-8+,12-11+,19-13+,21-10+;/t20-,22+,24+,26-,27+,28+,29+,30-,32+,33-,35-;/m1./s1. The smallest absolute Gasteiger partial charge is 0.338 e. The maximum absolute atomic E-state index is 13.4. The summed E-state index contributed by atoms with van der Waals surface area (Å²) in [5.41, 5.74) is 1.86. The zero-order valence-electron chi connectivity index (χ0n) is 37.9. The summed E-state index contributed by atoms with van der Waals surface area (Å²) in [4.78, 5) is 78.5. The Morgan fingerprint density at radius 2 is 1.62 bits per heavy atom. The number of aliphatic hydroxyl groups excluding tert-OH is 1. The number of carbonyl (C=O) groups excluding carboxylic acids is 6. The van der Waals surface area contributed by atoms with E-state index in [1.54, 1.807) is 30.1 Å². The summed E-state index contributed by atoms with van der Waals surface area (Å²) in [5, 5.41) is 15.9. The Bertz CT molecular complexity index is 2010. The SMILES string of the molecule is CC(CN1CC(=O)NC(=O)C1)N1CC(=O)NC(=O)C1.CO[C@@H](/C(C)=C/C=C/C(C)=C/c1coc(C)n1)[C@@H](C)[C@@H]1C[C@H](O)[C@@]2(C)O[C@@H]2/C=C/[C@@H](C)[C@H]2C[C@H](CC(=O)O2)C[C@@H]2O[C@H]2C(=O)O1. The molecular formula is C46H63N5O13. The zero-order chi connectivity index (χ0) is 46.5. The number of carbonyl (C=O) groups is 6. The minimum atomic E-state index is -0.905. The van der Waals surface area contributed by atoms with Crippen molar-refractivity contribution in [3.8, 4) is 0 Å². The molecule has 0 saturated carbocycles. The number of imide groups is 2. The molecule has 6 aliphatic heterocycles. The maximum atomic E-state index is 13.4. The number of allylic oxidation sites excluding steroid dienone is 4. The Balaban J connectivity index is 0.000000298. The number of piperazine rings is 2. The van der Waals surface area contributed by atoms with Gasteiger partial charge in [0.15, 0.2) is 12.0 Å². The molecule has 18 heteroatoms. The lowest BCUT2D eigenvalue weighted by Crippen LogP contribution is -2.58. The molecular weight excluding hydrogens is 831 g/mol. The van der Waals surface area contributed by atoms with Crippen molar-refractivity contribution >= 4 is 41.6 Å². The van der Waals surface area contributed by atoms with Crippen molar-refractivity contribution in [2.45, 2.75) is 129 Å². The number of oxazole rings is 1. The van der Waals surface area contributed by atoms with Crippen molar-refractivity contribution in [3.63, 3.8) is 0 Å². The van der Waals surface area contributed by atoms with Crippen LogP contribution in [0, 0.1) is 24.7 Å². The number of rotatable bonds is 10. The number of esters is 2. The monoisotopic (exact) mass is 893 g/mol. The maximum Gasteiger partial charge on any atom is 0.338 e. The zero-order valence-corrected chi connectivity index (χ0v) is 37.9. The van der Waals surface area contributed by atoms with E-state index >= 15 is 0 Å². The number of amides is 4. The first-order valence-electron chi connectivity index (χ1n) is 22.0. The topological polar surface area (TPSA) is 232 Å². The van der Waals surface area contributed by atoms with Crippen LogP contribution in [0.5, 0.6) is 0 Å². The normalized spacial score (nSPS) is 33.9. The molecule has 7 rings (SSSR count). The summed E-state index contributed by atoms with van der Waals surface area (Å²) in [5.74, 6) is -1.61. The first-order chi connectivity index (χ1) is 30.3. The number of nitrogens with zero attached hydrogens (tertiary/aromatic N) is 3. The van der Waals surface area contributed by atoms with Crippen LogP contribution in [-0.4, -0.2) is 150 Å². The summed E-state index contributed by atoms with van der Waals surface area (Å²) in [6, 6.07) is -0.0892. The molecule has 1 unspecified atom stereocenters. The van der Waals surface area contributed by atoms with Crippen LogP contribution in [0.3, 0.4) is 0 Å². The minimum absolute atomic E-state index is 0.0130. The van der Waals surface area contributed by atoms with Gasteiger partial charge in [0.2, 0.25) is 23.6 Å². The number of hydrogen-bond donors (Lipinski definition) is 3. The molecule has 0 aromatic carbocycles. The molecule has 12 atom stereocenters. The molecule has 18 nitrogen and oxygen atoms in total. The lowest BCUT2D eigenvalue weighted by atomic mass is 9.84. The Hall–Kier alpha value is -4.85. The fourth-order valence-corrected chi connectivity index (χ4v) is 8.92. The molecule has 5 saturated heterocycles. The third-order valence-corrected chi connectivity index (χ3v) is 12.8. The Labute approximate surface area is 373 Å². The molecule has 5 fully saturated rings. The summed E-state index contributed by atoms with van der Waals surface area (Å²) >= 11 is 0. The van der Waals surface area contributed by atoms with Crippen LogP contribution in [0.1, 0.15) is 78.8 Å². The first-order valence-corrected chi connectivity index (χ1v) is 22.0. The average Bonchev–Trinajstić information content (AvgIpc) is 4.09. The molecule has 1 aromatic rings. The van der Waals surface area contributed by atoms with Gasteiger partial charge in [0.1, 0.15) is 35.9 Å². The molecule has 350 valence electrons. The van der Waals surface area contributed by atoms with E-state index < -0.39 is 36.0 Å². The molecule has 1 aromatic heterocycles. The van der Waals surface area contributed by atoms with Crippen molar-refractivity contribution in [2.75, 3.05) is 39.8 Å². The molecule has 7 heterocycles. The van der Waals surface area contributed by atoms with Crippen LogP contribution in [0.25, 0.3) is 6.08 Å². The number of fused-ring (bicyclic) bond motifs is 4. The highest BCUT2D eigenvalue weighted by atomic mass is 16.6. The van der Waals surface area contributed by atoms with E-state index in [1.807, 2.05) is 78.0 Å². The first kappa shape index (κ1) is 48.6. The largest absolute Gasteiger partial charge is 0.462 e. The summed E-state index contributed by atoms with van der Waals surface area (Å²) in [6.45, 7) is 14.5. The van der Waals surface area contributed by atoms with Gasteiger partial charge in [-0.15, -0.1) is 0 Å². The van der Waals surface area contributed by atoms with E-state index in [1.165, 1.54) is 0 Å². The van der Waals surface area contributed by atoms with Crippen molar-refractivity contribution in [1.29, 1.82) is 0 Å². The van der Waals surface area contributed by atoms with Crippen LogP contribution >= 0.6 is 0 Å². The number of hydrogen-bond acceptors (Lipinski definition) is 16. The Morgan fingerprint density at radius 1 is 0.969 bits per heavy atom. The molecule has 2 bridgehead atoms. The summed E-state index contributed by atoms with van der Waals surface area (Å²) < 4.78 is 34.7. The van der Waals surface area contributed by atoms with Gasteiger partial charge in [-0.2, -0.15) is 0 Å². The average molecular weight is 894 g/mol. The quantitative estimate of drug-likeness (QED) is 0.101. The number of aryl methyl sites for hydroxylation is 1. The second kappa shape index (κ2) is 21.0. The summed E-state index contributed by atoms with van der Waals surface area (Å²) in [7, 11) is 1.63. The van der Waals surface area contributed by atoms with E-state index in [9.17, 15) is 33.9 Å². The third kappa shape index (κ3) is 12.9. The lowest BCUT2D eigenvalue weighted by Gasteiger charge is -2.35. The predicted molar refractivity (Wildman–Crippen MR) is 229 cm³/mol. The fraction of sp³-hybridized carbons (Fsp3) is 0.630. The van der Waals surface area contributed by atoms with Crippen LogP contribution < -0.4 is 10.6 Å². The molecule has 3 N–H and O–H groups in total. The van der Waals surface area contributed by atoms with Crippen molar-refractivity contribution < 1.29 is 62.0 Å². The molecule has 4 amide bonds. The number of cyclic esters (lactones) is 1. The minimum Gasteiger partial charge on any atom is -0.462 e. The Morgan fingerprint density at radius 3 is 2.27 bits per heavy atom. The summed E-state index contributed by atoms with van der Waals surface area (Å²) in [6.07, 6.45) is 11.7. The van der Waals surface area contributed by atoms with Gasteiger partial charge in [-0.05, 0) is 63.7 Å². The van der Waals surface area contributed by atoms with Gasteiger partial charge in [-0.25, -0.2) is 9.78 Å². The number of aromatic nitrogens is 1. The fourth-order valence-electron chi connectivity index (χ4n) is 8.92. The van der Waals surface area contributed by atoms with E-state index in [0.29, 0.717) is 31.7 Å². The van der Waals surface area contributed by atoms with Crippen molar-refractivity contribution in [3.05, 3.63) is 59.4 Å². The second-order valence-electron chi connectivity index (χ2n) is 18.2. The van der Waals surface area contributed by atoms with Crippen molar-refractivity contribution in [1.82, 2.24) is 25.4 Å². The number of nitrogens with one attached hydrogen (secondary N) is 2. The number of methoxy groups -OCH3 is 1. The van der Waals surface area contributed by atoms with E-state index in [-0.39, 0.29) is 104 Å². The number of epoxide rings is 2. The van der Waals surface area contributed by atoms with E-state index in [0.717, 1.165) is 16.8 Å². The number of aliphatic hydroxyl groups is 1. The van der Waals surface area contributed by atoms with Gasteiger partial charge in [-0.1, -0.05) is 44.2 Å². The van der Waals surface area contributed by atoms with Gasteiger partial charge in [0.25, 0.3) is 0 Å². The van der Waals surface area contributed by atoms with Gasteiger partial charge >= 0.3 is 11.9 Å². The van der Waals surface area contributed by atoms with Gasteiger partial charge in [-0.3, -0.25) is 44.4 Å². The van der Waals surface area contributed by atoms with Gasteiger partial charge in [0, 0.05) is 51.3 Å². The molecule has 0 radical (unpaired) electrons.